The summed E-state index contributed by atoms with van der Waals surface area (Å²) in [7, 11) is 0. The van der Waals surface area contributed by atoms with Crippen molar-refractivity contribution in [2.45, 2.75) is 24.4 Å². The second-order valence-corrected chi connectivity index (χ2v) is 5.05. The highest BCUT2D eigenvalue weighted by molar-refractivity contribution is 7.98. The largest absolute Gasteiger partial charge is 0.425 e. The van der Waals surface area contributed by atoms with Crippen LogP contribution < -0.4 is 0 Å². The number of rotatable bonds is 5. The summed E-state index contributed by atoms with van der Waals surface area (Å²) in [5.74, 6) is 1.68. The van der Waals surface area contributed by atoms with E-state index in [-0.39, 0.29) is 0 Å². The first kappa shape index (κ1) is 12.8. The zero-order chi connectivity index (χ0) is 13.8. The molecule has 3 aromatic rings. The van der Waals surface area contributed by atoms with Crippen LogP contribution in [0.25, 0.3) is 0 Å². The number of tetrazole rings is 1. The first-order chi connectivity index (χ1) is 9.81. The monoisotopic (exact) mass is 288 g/mol. The molecule has 0 N–H and O–H groups in total. The summed E-state index contributed by atoms with van der Waals surface area (Å²) in [5, 5.41) is 20.2. The molecular formula is C12H12N6OS. The van der Waals surface area contributed by atoms with Crippen molar-refractivity contribution >= 4 is 11.8 Å². The number of aryl methyl sites for hydroxylation is 1. The van der Waals surface area contributed by atoms with E-state index >= 15 is 0 Å². The van der Waals surface area contributed by atoms with Crippen LogP contribution in [0.5, 0.6) is 0 Å². The topological polar surface area (TPSA) is 82.5 Å². The predicted octanol–water partition coefficient (Wildman–Crippen LogP) is 1.71. The molecule has 1 aromatic carbocycles. The molecule has 2 aromatic heterocycles. The summed E-state index contributed by atoms with van der Waals surface area (Å²) in [4.78, 5) is 0. The highest BCUT2D eigenvalue weighted by Crippen LogP contribution is 2.19. The summed E-state index contributed by atoms with van der Waals surface area (Å²) in [6, 6.07) is 10.0. The Kier molecular flexibility index (Phi) is 3.73. The van der Waals surface area contributed by atoms with E-state index in [2.05, 4.69) is 25.7 Å². The van der Waals surface area contributed by atoms with Crippen LogP contribution >= 0.6 is 11.8 Å². The minimum Gasteiger partial charge on any atom is -0.425 e. The standard InChI is InChI=1S/C12H12N6OS/c1-9-13-14-11(19-9)8-20-12-15-16-17-18(12)7-10-5-3-2-4-6-10/h2-6H,7-8H2,1H3. The van der Waals surface area contributed by atoms with E-state index in [4.69, 9.17) is 4.42 Å². The van der Waals surface area contributed by atoms with Gasteiger partial charge < -0.3 is 4.42 Å². The lowest BCUT2D eigenvalue weighted by atomic mass is 10.2. The SMILES string of the molecule is Cc1nnc(CSc2nnnn2Cc2ccccc2)o1. The Hall–Kier alpha value is -2.22. The van der Waals surface area contributed by atoms with Gasteiger partial charge in [0.15, 0.2) is 0 Å². The van der Waals surface area contributed by atoms with Crippen LogP contribution in [0.3, 0.4) is 0 Å². The van der Waals surface area contributed by atoms with E-state index < -0.39 is 0 Å². The molecule has 102 valence electrons. The third kappa shape index (κ3) is 3.02. The highest BCUT2D eigenvalue weighted by atomic mass is 32.2. The molecule has 0 bridgehead atoms. The number of thioether (sulfide) groups is 1. The molecule has 0 aliphatic carbocycles. The van der Waals surface area contributed by atoms with Gasteiger partial charge in [0.25, 0.3) is 0 Å². The van der Waals surface area contributed by atoms with Gasteiger partial charge in [-0.25, -0.2) is 4.68 Å². The number of hydrogen-bond donors (Lipinski definition) is 0. The maximum Gasteiger partial charge on any atom is 0.226 e. The first-order valence-corrected chi connectivity index (χ1v) is 7.02. The molecule has 0 unspecified atom stereocenters. The maximum absolute atomic E-state index is 5.32. The number of hydrogen-bond acceptors (Lipinski definition) is 7. The van der Waals surface area contributed by atoms with Crippen LogP contribution in [0.4, 0.5) is 0 Å². The van der Waals surface area contributed by atoms with E-state index in [1.165, 1.54) is 11.8 Å². The van der Waals surface area contributed by atoms with Crippen LogP contribution in [-0.2, 0) is 12.3 Å². The number of aromatic nitrogens is 6. The normalized spacial score (nSPS) is 10.8. The summed E-state index contributed by atoms with van der Waals surface area (Å²) in [6.45, 7) is 2.40. The molecule has 0 fully saturated rings. The second kappa shape index (κ2) is 5.83. The highest BCUT2D eigenvalue weighted by Gasteiger charge is 2.10. The van der Waals surface area contributed by atoms with Crippen molar-refractivity contribution in [2.75, 3.05) is 0 Å². The molecule has 8 heteroatoms. The Balaban J connectivity index is 1.67. The van der Waals surface area contributed by atoms with Crippen LogP contribution in [-0.4, -0.2) is 30.4 Å². The zero-order valence-electron chi connectivity index (χ0n) is 10.8. The molecule has 0 atom stereocenters. The fourth-order valence-electron chi connectivity index (χ4n) is 1.68. The van der Waals surface area contributed by atoms with Gasteiger partial charge in [-0.3, -0.25) is 0 Å². The van der Waals surface area contributed by atoms with Gasteiger partial charge in [0, 0.05) is 6.92 Å². The fraction of sp³-hybridized carbons (Fsp3) is 0.250. The van der Waals surface area contributed by atoms with Gasteiger partial charge in [-0.1, -0.05) is 42.1 Å². The lowest BCUT2D eigenvalue weighted by Gasteiger charge is -2.03. The van der Waals surface area contributed by atoms with Crippen molar-refractivity contribution in [1.29, 1.82) is 0 Å². The van der Waals surface area contributed by atoms with Crippen LogP contribution in [0.15, 0.2) is 39.9 Å². The molecule has 20 heavy (non-hydrogen) atoms. The van der Waals surface area contributed by atoms with Gasteiger partial charge in [0.1, 0.15) is 0 Å². The third-order valence-corrected chi connectivity index (χ3v) is 3.51. The average Bonchev–Trinajstić information content (AvgIpc) is 3.07. The predicted molar refractivity (Wildman–Crippen MR) is 72.0 cm³/mol. The molecule has 7 nitrogen and oxygen atoms in total. The van der Waals surface area contributed by atoms with E-state index in [1.807, 2.05) is 30.3 Å². The van der Waals surface area contributed by atoms with Gasteiger partial charge in [-0.2, -0.15) is 0 Å². The quantitative estimate of drug-likeness (QED) is 0.661. The first-order valence-electron chi connectivity index (χ1n) is 6.03. The Morgan fingerprint density at radius 2 is 2.00 bits per heavy atom. The smallest absolute Gasteiger partial charge is 0.226 e. The minimum absolute atomic E-state index is 0.552. The van der Waals surface area contributed by atoms with Gasteiger partial charge in [-0.05, 0) is 16.0 Å². The number of benzene rings is 1. The summed E-state index contributed by atoms with van der Waals surface area (Å²) in [5.41, 5.74) is 1.15. The van der Waals surface area contributed by atoms with Gasteiger partial charge in [0.05, 0.1) is 12.3 Å². The molecule has 0 aliphatic rings. The van der Waals surface area contributed by atoms with Crippen molar-refractivity contribution in [3.63, 3.8) is 0 Å². The summed E-state index contributed by atoms with van der Waals surface area (Å²) >= 11 is 1.47. The Morgan fingerprint density at radius 3 is 2.75 bits per heavy atom. The zero-order valence-corrected chi connectivity index (χ0v) is 11.6. The third-order valence-electron chi connectivity index (χ3n) is 2.57. The lowest BCUT2D eigenvalue weighted by molar-refractivity contribution is 0.485. The maximum atomic E-state index is 5.32. The van der Waals surface area contributed by atoms with Crippen molar-refractivity contribution < 1.29 is 4.42 Å². The molecule has 0 saturated heterocycles. The van der Waals surface area contributed by atoms with Crippen molar-refractivity contribution in [3.8, 4) is 0 Å². The Morgan fingerprint density at radius 1 is 1.15 bits per heavy atom. The molecule has 3 rings (SSSR count). The van der Waals surface area contributed by atoms with E-state index in [1.54, 1.807) is 11.6 Å². The van der Waals surface area contributed by atoms with E-state index in [9.17, 15) is 0 Å². The van der Waals surface area contributed by atoms with Crippen LogP contribution in [0, 0.1) is 6.92 Å². The van der Waals surface area contributed by atoms with Gasteiger partial charge >= 0.3 is 0 Å². The fourth-order valence-corrected chi connectivity index (χ4v) is 2.39. The van der Waals surface area contributed by atoms with E-state index in [0.29, 0.717) is 24.1 Å². The summed E-state index contributed by atoms with van der Waals surface area (Å²) < 4.78 is 7.07. The van der Waals surface area contributed by atoms with Gasteiger partial charge in [0.2, 0.25) is 16.9 Å². The molecular weight excluding hydrogens is 276 g/mol. The number of nitrogens with zero attached hydrogens (tertiary/aromatic N) is 6. The van der Waals surface area contributed by atoms with Crippen molar-refractivity contribution in [1.82, 2.24) is 30.4 Å². The van der Waals surface area contributed by atoms with Gasteiger partial charge in [-0.15, -0.1) is 15.3 Å². The van der Waals surface area contributed by atoms with E-state index in [0.717, 1.165) is 10.7 Å². The van der Waals surface area contributed by atoms with Crippen molar-refractivity contribution in [3.05, 3.63) is 47.7 Å². The second-order valence-electron chi connectivity index (χ2n) is 4.11. The lowest BCUT2D eigenvalue weighted by Crippen LogP contribution is -2.03. The molecule has 0 amide bonds. The van der Waals surface area contributed by atoms with Crippen LogP contribution in [0.1, 0.15) is 17.3 Å². The Labute approximate surface area is 119 Å². The van der Waals surface area contributed by atoms with Crippen molar-refractivity contribution in [2.24, 2.45) is 0 Å². The molecule has 0 radical (unpaired) electrons. The molecule has 2 heterocycles. The molecule has 0 saturated carbocycles. The molecule has 0 aliphatic heterocycles. The Bertz CT molecular complexity index is 680. The molecule has 0 spiro atoms. The minimum atomic E-state index is 0.552. The van der Waals surface area contributed by atoms with Crippen LogP contribution in [0.2, 0.25) is 0 Å². The summed E-state index contributed by atoms with van der Waals surface area (Å²) in [6.07, 6.45) is 0. The average molecular weight is 288 g/mol.